The first-order valence-electron chi connectivity index (χ1n) is 8.33. The molecule has 0 aliphatic heterocycles. The van der Waals surface area contributed by atoms with E-state index in [1.54, 1.807) is 0 Å². The van der Waals surface area contributed by atoms with E-state index in [1.807, 2.05) is 20.8 Å². The average molecular weight is 365 g/mol. The summed E-state index contributed by atoms with van der Waals surface area (Å²) in [7, 11) is -2.37. The molecule has 7 nitrogen and oxygen atoms in total. The average Bonchev–Trinajstić information content (AvgIpc) is 3.20. The molecule has 2 aromatic rings. The summed E-state index contributed by atoms with van der Waals surface area (Å²) < 4.78 is 29.5. The van der Waals surface area contributed by atoms with Crippen LogP contribution in [0.15, 0.2) is 26.6 Å². The quantitative estimate of drug-likeness (QED) is 0.833. The number of hydrogen-bond donors (Lipinski definition) is 2. The van der Waals surface area contributed by atoms with Gasteiger partial charge in [0.05, 0.1) is 15.8 Å². The molecule has 0 radical (unpaired) electrons. The lowest BCUT2D eigenvalue weighted by atomic mass is 9.99. The second-order valence-electron chi connectivity index (χ2n) is 7.52. The van der Waals surface area contributed by atoms with Gasteiger partial charge < -0.3 is 4.98 Å². The SMILES string of the molecule is CC(C)Cc1c(S(=O)(=O)NC2(C)CC2)ccc2[nH]c(=O)n(C)c(=O)c12. The van der Waals surface area contributed by atoms with Gasteiger partial charge in [-0.25, -0.2) is 17.9 Å². The van der Waals surface area contributed by atoms with Crippen LogP contribution >= 0.6 is 0 Å². The number of benzene rings is 1. The highest BCUT2D eigenvalue weighted by Crippen LogP contribution is 2.36. The molecular formula is C17H23N3O4S. The van der Waals surface area contributed by atoms with Gasteiger partial charge in [-0.2, -0.15) is 0 Å². The minimum Gasteiger partial charge on any atom is -0.307 e. The molecule has 8 heteroatoms. The largest absolute Gasteiger partial charge is 0.328 e. The monoisotopic (exact) mass is 365 g/mol. The molecule has 2 N–H and O–H groups in total. The number of aromatic amines is 1. The number of nitrogens with one attached hydrogen (secondary N) is 2. The van der Waals surface area contributed by atoms with E-state index in [-0.39, 0.29) is 16.2 Å². The van der Waals surface area contributed by atoms with Crippen molar-refractivity contribution in [1.29, 1.82) is 0 Å². The summed E-state index contributed by atoms with van der Waals surface area (Å²) in [5.41, 5.74) is -0.587. The lowest BCUT2D eigenvalue weighted by Crippen LogP contribution is -2.36. The summed E-state index contributed by atoms with van der Waals surface area (Å²) in [6.07, 6.45) is 2.02. The third-order valence-electron chi connectivity index (χ3n) is 4.62. The van der Waals surface area contributed by atoms with Crippen molar-refractivity contribution < 1.29 is 8.42 Å². The fraction of sp³-hybridized carbons (Fsp3) is 0.529. The summed E-state index contributed by atoms with van der Waals surface area (Å²) >= 11 is 0. The van der Waals surface area contributed by atoms with Crippen LogP contribution < -0.4 is 16.0 Å². The summed E-state index contributed by atoms with van der Waals surface area (Å²) in [5, 5.41) is 0.264. The first-order chi connectivity index (χ1) is 11.5. The molecule has 1 aromatic carbocycles. The molecule has 1 fully saturated rings. The highest BCUT2D eigenvalue weighted by atomic mass is 32.2. The predicted molar refractivity (Wildman–Crippen MR) is 96.3 cm³/mol. The Morgan fingerprint density at radius 3 is 2.48 bits per heavy atom. The number of aromatic nitrogens is 2. The van der Waals surface area contributed by atoms with Crippen molar-refractivity contribution in [2.75, 3.05) is 0 Å². The molecule has 25 heavy (non-hydrogen) atoms. The van der Waals surface area contributed by atoms with E-state index < -0.39 is 26.8 Å². The molecule has 3 rings (SSSR count). The minimum atomic E-state index is -3.75. The number of sulfonamides is 1. The van der Waals surface area contributed by atoms with E-state index in [2.05, 4.69) is 9.71 Å². The topological polar surface area (TPSA) is 101 Å². The summed E-state index contributed by atoms with van der Waals surface area (Å²) in [6.45, 7) is 5.78. The summed E-state index contributed by atoms with van der Waals surface area (Å²) in [6, 6.07) is 2.97. The Kier molecular flexibility index (Phi) is 4.15. The van der Waals surface area contributed by atoms with E-state index in [0.717, 1.165) is 17.4 Å². The highest BCUT2D eigenvalue weighted by molar-refractivity contribution is 7.89. The molecule has 0 saturated heterocycles. The Morgan fingerprint density at radius 1 is 1.28 bits per heavy atom. The van der Waals surface area contributed by atoms with Gasteiger partial charge in [0.25, 0.3) is 5.56 Å². The normalized spacial score (nSPS) is 16.5. The first kappa shape index (κ1) is 17.9. The molecule has 136 valence electrons. The van der Waals surface area contributed by atoms with E-state index in [4.69, 9.17) is 0 Å². The second-order valence-corrected chi connectivity index (χ2v) is 9.17. The van der Waals surface area contributed by atoms with Crippen LogP contribution in [0.5, 0.6) is 0 Å². The predicted octanol–water partition coefficient (Wildman–Crippen LogP) is 1.26. The maximum absolute atomic E-state index is 12.9. The van der Waals surface area contributed by atoms with Crippen molar-refractivity contribution in [1.82, 2.24) is 14.3 Å². The minimum absolute atomic E-state index is 0.117. The van der Waals surface area contributed by atoms with Crippen molar-refractivity contribution in [3.63, 3.8) is 0 Å². The number of fused-ring (bicyclic) bond motifs is 1. The van der Waals surface area contributed by atoms with E-state index in [1.165, 1.54) is 19.2 Å². The molecule has 0 unspecified atom stereocenters. The van der Waals surface area contributed by atoms with Crippen LogP contribution in [-0.4, -0.2) is 23.5 Å². The molecule has 1 heterocycles. The van der Waals surface area contributed by atoms with Crippen LogP contribution in [0.25, 0.3) is 10.9 Å². The van der Waals surface area contributed by atoms with Crippen LogP contribution in [0, 0.1) is 5.92 Å². The second kappa shape index (κ2) is 5.81. The maximum atomic E-state index is 12.9. The first-order valence-corrected chi connectivity index (χ1v) is 9.81. The van der Waals surface area contributed by atoms with Gasteiger partial charge in [-0.1, -0.05) is 13.8 Å². The number of hydrogen-bond acceptors (Lipinski definition) is 4. The highest BCUT2D eigenvalue weighted by Gasteiger charge is 2.41. The zero-order valence-corrected chi connectivity index (χ0v) is 15.7. The Labute approximate surface area is 146 Å². The van der Waals surface area contributed by atoms with E-state index in [9.17, 15) is 18.0 Å². The molecule has 0 amide bonds. The molecule has 0 bridgehead atoms. The van der Waals surface area contributed by atoms with Gasteiger partial charge in [0.1, 0.15) is 0 Å². The van der Waals surface area contributed by atoms with E-state index >= 15 is 0 Å². The molecule has 1 aliphatic rings. The summed E-state index contributed by atoms with van der Waals surface area (Å²) in [5.74, 6) is 0.146. The zero-order valence-electron chi connectivity index (χ0n) is 14.8. The Bertz CT molecular complexity index is 1060. The van der Waals surface area contributed by atoms with Crippen molar-refractivity contribution >= 4 is 20.9 Å². The summed E-state index contributed by atoms with van der Waals surface area (Å²) in [4.78, 5) is 27.3. The Balaban J connectivity index is 2.32. The molecule has 1 aromatic heterocycles. The van der Waals surface area contributed by atoms with Crippen LogP contribution in [0.2, 0.25) is 0 Å². The van der Waals surface area contributed by atoms with Gasteiger partial charge in [-0.3, -0.25) is 9.36 Å². The lowest BCUT2D eigenvalue weighted by Gasteiger charge is -2.18. The van der Waals surface area contributed by atoms with Crippen molar-refractivity contribution in [2.24, 2.45) is 13.0 Å². The Morgan fingerprint density at radius 2 is 1.92 bits per heavy atom. The van der Waals surface area contributed by atoms with Crippen molar-refractivity contribution in [3.8, 4) is 0 Å². The molecule has 0 spiro atoms. The van der Waals surface area contributed by atoms with Crippen LogP contribution in [0.1, 0.15) is 39.2 Å². The van der Waals surface area contributed by atoms with Crippen molar-refractivity contribution in [3.05, 3.63) is 38.5 Å². The van der Waals surface area contributed by atoms with Crippen molar-refractivity contribution in [2.45, 2.75) is 50.5 Å². The number of rotatable bonds is 5. The smallest absolute Gasteiger partial charge is 0.307 e. The number of nitrogens with zero attached hydrogens (tertiary/aromatic N) is 1. The molecule has 1 aliphatic carbocycles. The van der Waals surface area contributed by atoms with Gasteiger partial charge in [0.15, 0.2) is 0 Å². The van der Waals surface area contributed by atoms with Crippen LogP contribution in [0.4, 0.5) is 0 Å². The van der Waals surface area contributed by atoms with Crippen LogP contribution in [-0.2, 0) is 23.5 Å². The third-order valence-corrected chi connectivity index (χ3v) is 6.34. The van der Waals surface area contributed by atoms with Gasteiger partial charge >= 0.3 is 5.69 Å². The van der Waals surface area contributed by atoms with Gasteiger partial charge in [-0.05, 0) is 49.8 Å². The zero-order chi connectivity index (χ0) is 18.6. The van der Waals surface area contributed by atoms with E-state index in [0.29, 0.717) is 17.5 Å². The van der Waals surface area contributed by atoms with Crippen LogP contribution in [0.3, 0.4) is 0 Å². The fourth-order valence-corrected chi connectivity index (χ4v) is 4.69. The third kappa shape index (κ3) is 3.28. The molecule has 0 atom stereocenters. The fourth-order valence-electron chi connectivity index (χ4n) is 2.97. The maximum Gasteiger partial charge on any atom is 0.328 e. The molecule has 1 saturated carbocycles. The van der Waals surface area contributed by atoms with Gasteiger partial charge in [0.2, 0.25) is 10.0 Å². The van der Waals surface area contributed by atoms with Gasteiger partial charge in [0, 0.05) is 12.6 Å². The Hall–Kier alpha value is -1.93. The lowest BCUT2D eigenvalue weighted by molar-refractivity contribution is 0.555. The molecular weight excluding hydrogens is 342 g/mol. The van der Waals surface area contributed by atoms with Gasteiger partial charge in [-0.15, -0.1) is 0 Å². The number of H-pyrrole nitrogens is 1. The standard InChI is InChI=1S/C17H23N3O4S/c1-10(2)9-11-13(25(23,24)19-17(3)7-8-17)6-5-12-14(11)15(21)20(4)16(22)18-12/h5-6,10,19H,7-9H2,1-4H3,(H,18,22).